The highest BCUT2D eigenvalue weighted by Crippen LogP contribution is 2.33. The van der Waals surface area contributed by atoms with Crippen molar-refractivity contribution in [3.05, 3.63) is 52.9 Å². The van der Waals surface area contributed by atoms with E-state index >= 15 is 0 Å². The van der Waals surface area contributed by atoms with Gasteiger partial charge < -0.3 is 9.64 Å². The van der Waals surface area contributed by atoms with Crippen LogP contribution in [0.4, 0.5) is 13.2 Å². The van der Waals surface area contributed by atoms with Crippen molar-refractivity contribution in [1.29, 1.82) is 0 Å². The van der Waals surface area contributed by atoms with E-state index in [-0.39, 0.29) is 28.4 Å². The fraction of sp³-hybridized carbons (Fsp3) is 0.353. The number of hydrogen-bond acceptors (Lipinski definition) is 4. The molecule has 3 rings (SSSR count). The Bertz CT molecular complexity index is 787. The summed E-state index contributed by atoms with van der Waals surface area (Å²) < 4.78 is 41.2. The Morgan fingerprint density at radius 1 is 1.35 bits per heavy atom. The first-order chi connectivity index (χ1) is 12.3. The highest BCUT2D eigenvalue weighted by molar-refractivity contribution is 6.32. The zero-order chi connectivity index (χ0) is 18.7. The quantitative estimate of drug-likeness (QED) is 0.796. The van der Waals surface area contributed by atoms with Gasteiger partial charge in [0.2, 0.25) is 5.88 Å². The van der Waals surface area contributed by atoms with E-state index in [0.717, 1.165) is 18.4 Å². The molecule has 0 saturated carbocycles. The average molecular weight is 386 g/mol. The van der Waals surface area contributed by atoms with E-state index in [9.17, 15) is 18.0 Å². The summed E-state index contributed by atoms with van der Waals surface area (Å²) in [7, 11) is 0. The number of likely N-dealkylation sites (tertiary alicyclic amines) is 1. The lowest BCUT2D eigenvalue weighted by atomic mass is 10.1. The molecule has 2 aromatic rings. The summed E-state index contributed by atoms with van der Waals surface area (Å²) >= 11 is 5.93. The Morgan fingerprint density at radius 2 is 2.08 bits per heavy atom. The van der Waals surface area contributed by atoms with Gasteiger partial charge >= 0.3 is 6.18 Å². The van der Waals surface area contributed by atoms with Gasteiger partial charge in [-0.2, -0.15) is 13.2 Å². The largest absolute Gasteiger partial charge is 0.467 e. The predicted octanol–water partition coefficient (Wildman–Crippen LogP) is 4.05. The van der Waals surface area contributed by atoms with Crippen molar-refractivity contribution >= 4 is 17.5 Å². The van der Waals surface area contributed by atoms with E-state index in [1.54, 1.807) is 17.3 Å². The second kappa shape index (κ2) is 7.49. The number of halogens is 4. The van der Waals surface area contributed by atoms with E-state index in [1.807, 2.05) is 12.1 Å². The van der Waals surface area contributed by atoms with Gasteiger partial charge in [-0.25, -0.2) is 4.98 Å². The minimum atomic E-state index is -4.49. The van der Waals surface area contributed by atoms with Gasteiger partial charge in [-0.15, -0.1) is 0 Å². The summed E-state index contributed by atoms with van der Waals surface area (Å²) in [6.07, 6.45) is 1.70. The van der Waals surface area contributed by atoms with Crippen LogP contribution >= 0.6 is 11.6 Å². The number of ether oxygens (including phenoxy) is 1. The first kappa shape index (κ1) is 18.4. The molecule has 2 aromatic heterocycles. The molecule has 0 unspecified atom stereocenters. The van der Waals surface area contributed by atoms with Crippen LogP contribution in [0.25, 0.3) is 0 Å². The summed E-state index contributed by atoms with van der Waals surface area (Å²) in [6.45, 7) is -0.918. The molecular formula is C17H15ClF3N3O2. The first-order valence-corrected chi connectivity index (χ1v) is 8.29. The van der Waals surface area contributed by atoms with Gasteiger partial charge in [0, 0.05) is 25.1 Å². The third-order valence-electron chi connectivity index (χ3n) is 4.03. The maximum absolute atomic E-state index is 12.8. The van der Waals surface area contributed by atoms with E-state index in [2.05, 4.69) is 14.7 Å². The van der Waals surface area contributed by atoms with Crippen LogP contribution in [0.1, 0.15) is 34.8 Å². The van der Waals surface area contributed by atoms with E-state index in [1.165, 1.54) is 12.3 Å². The standard InChI is InChI=1S/C17H15ClF3N3O2/c18-13-8-12(9-23-15(13)26-10-17(19,20)21)16(25)24-7-1-2-14(24)11-3-5-22-6-4-11/h3-6,8-9,14H,1-2,7,10H2/t14-/m1/s1. The minimum Gasteiger partial charge on any atom is -0.467 e. The molecule has 26 heavy (non-hydrogen) atoms. The summed E-state index contributed by atoms with van der Waals surface area (Å²) in [5.41, 5.74) is 1.19. The van der Waals surface area contributed by atoms with Crippen LogP contribution in [0.5, 0.6) is 5.88 Å². The van der Waals surface area contributed by atoms with Gasteiger partial charge in [-0.1, -0.05) is 11.6 Å². The molecule has 0 aromatic carbocycles. The van der Waals surface area contributed by atoms with E-state index in [4.69, 9.17) is 11.6 Å². The fourth-order valence-electron chi connectivity index (χ4n) is 2.91. The van der Waals surface area contributed by atoms with Crippen LogP contribution in [0.3, 0.4) is 0 Å². The Kier molecular flexibility index (Phi) is 5.31. The van der Waals surface area contributed by atoms with Crippen molar-refractivity contribution < 1.29 is 22.7 Å². The third kappa shape index (κ3) is 4.24. The van der Waals surface area contributed by atoms with Gasteiger partial charge in [0.05, 0.1) is 11.6 Å². The smallest absolute Gasteiger partial charge is 0.422 e. The second-order valence-electron chi connectivity index (χ2n) is 5.85. The van der Waals surface area contributed by atoms with Crippen molar-refractivity contribution in [3.63, 3.8) is 0 Å². The molecule has 1 fully saturated rings. The van der Waals surface area contributed by atoms with Crippen LogP contribution < -0.4 is 4.74 Å². The SMILES string of the molecule is O=C(c1cnc(OCC(F)(F)F)c(Cl)c1)N1CCC[C@@H]1c1ccncc1. The summed E-state index contributed by atoms with van der Waals surface area (Å²) in [5, 5.41) is -0.139. The monoisotopic (exact) mass is 385 g/mol. The Hall–Kier alpha value is -2.35. The topological polar surface area (TPSA) is 55.3 Å². The average Bonchev–Trinajstić information content (AvgIpc) is 3.09. The lowest BCUT2D eigenvalue weighted by Crippen LogP contribution is -2.30. The van der Waals surface area contributed by atoms with Crippen LogP contribution in [-0.2, 0) is 0 Å². The maximum Gasteiger partial charge on any atom is 0.422 e. The van der Waals surface area contributed by atoms with Gasteiger partial charge in [0.25, 0.3) is 5.91 Å². The molecule has 0 spiro atoms. The van der Waals surface area contributed by atoms with Gasteiger partial charge in [-0.3, -0.25) is 9.78 Å². The summed E-state index contributed by atoms with van der Waals surface area (Å²) in [4.78, 5) is 22.2. The Balaban J connectivity index is 1.76. The highest BCUT2D eigenvalue weighted by atomic mass is 35.5. The molecule has 9 heteroatoms. The number of rotatable bonds is 4. The molecule has 0 radical (unpaired) electrons. The van der Waals surface area contributed by atoms with E-state index in [0.29, 0.717) is 6.54 Å². The van der Waals surface area contributed by atoms with Crippen molar-refractivity contribution in [1.82, 2.24) is 14.9 Å². The number of pyridine rings is 2. The Morgan fingerprint density at radius 3 is 2.73 bits per heavy atom. The van der Waals surface area contributed by atoms with Gasteiger partial charge in [0.15, 0.2) is 6.61 Å². The molecule has 0 aliphatic carbocycles. The summed E-state index contributed by atoms with van der Waals surface area (Å²) in [6, 6.07) is 4.92. The number of nitrogens with zero attached hydrogens (tertiary/aromatic N) is 3. The molecule has 1 amide bonds. The molecular weight excluding hydrogens is 371 g/mol. The van der Waals surface area contributed by atoms with Crippen molar-refractivity contribution in [2.45, 2.75) is 25.1 Å². The van der Waals surface area contributed by atoms with Crippen LogP contribution in [0.2, 0.25) is 5.02 Å². The van der Waals surface area contributed by atoms with E-state index < -0.39 is 12.8 Å². The minimum absolute atomic E-state index is 0.0783. The highest BCUT2D eigenvalue weighted by Gasteiger charge is 2.32. The molecule has 0 N–H and O–H groups in total. The normalized spacial score (nSPS) is 17.4. The molecule has 0 bridgehead atoms. The zero-order valence-electron chi connectivity index (χ0n) is 13.5. The van der Waals surface area contributed by atoms with Crippen LogP contribution in [0, 0.1) is 0 Å². The van der Waals surface area contributed by atoms with Crippen molar-refractivity contribution in [3.8, 4) is 5.88 Å². The molecule has 1 aliphatic rings. The number of aromatic nitrogens is 2. The molecule has 1 aliphatic heterocycles. The molecule has 138 valence electrons. The van der Waals surface area contributed by atoms with Crippen molar-refractivity contribution in [2.75, 3.05) is 13.2 Å². The number of carbonyl (C=O) groups excluding carboxylic acids is 1. The van der Waals surface area contributed by atoms with Crippen LogP contribution in [0.15, 0.2) is 36.8 Å². The summed E-state index contributed by atoms with van der Waals surface area (Å²) in [5.74, 6) is -0.631. The Labute approximate surface area is 152 Å². The van der Waals surface area contributed by atoms with Crippen molar-refractivity contribution in [2.24, 2.45) is 0 Å². The lowest BCUT2D eigenvalue weighted by molar-refractivity contribution is -0.154. The number of hydrogen-bond donors (Lipinski definition) is 0. The lowest BCUT2D eigenvalue weighted by Gasteiger charge is -2.25. The number of carbonyl (C=O) groups is 1. The second-order valence-corrected chi connectivity index (χ2v) is 6.26. The number of amides is 1. The predicted molar refractivity (Wildman–Crippen MR) is 88.0 cm³/mol. The molecule has 1 atom stereocenters. The molecule has 3 heterocycles. The molecule has 5 nitrogen and oxygen atoms in total. The third-order valence-corrected chi connectivity index (χ3v) is 4.30. The van der Waals surface area contributed by atoms with Gasteiger partial charge in [0.1, 0.15) is 5.02 Å². The van der Waals surface area contributed by atoms with Gasteiger partial charge in [-0.05, 0) is 36.6 Å². The van der Waals surface area contributed by atoms with Crippen LogP contribution in [-0.4, -0.2) is 40.1 Å². The molecule has 1 saturated heterocycles. The first-order valence-electron chi connectivity index (χ1n) is 7.91. The fourth-order valence-corrected chi connectivity index (χ4v) is 3.13. The number of alkyl halides is 3. The zero-order valence-corrected chi connectivity index (χ0v) is 14.3. The maximum atomic E-state index is 12.8.